The highest BCUT2D eigenvalue weighted by atomic mass is 79.9. The number of likely N-dealkylation sites (tertiary alicyclic amines) is 1. The Hall–Kier alpha value is -0.870. The summed E-state index contributed by atoms with van der Waals surface area (Å²) in [6.07, 6.45) is 0. The molecule has 0 saturated carbocycles. The standard InChI is InChI=1S/C10H11BrN2O/c11-9-4-2-1-3-8(9)10(14)13-5-7(12)6-13/h1-4,7H,5-6,12H2. The Balaban J connectivity index is 2.16. The van der Waals surface area contributed by atoms with Crippen molar-refractivity contribution in [3.8, 4) is 0 Å². The van der Waals surface area contributed by atoms with Gasteiger partial charge in [0.1, 0.15) is 0 Å². The third-order valence-corrected chi connectivity index (χ3v) is 2.99. The maximum atomic E-state index is 11.8. The Bertz CT molecular complexity index is 361. The molecule has 4 heteroatoms. The average Bonchev–Trinajstić information content (AvgIpc) is 2.13. The quantitative estimate of drug-likeness (QED) is 0.820. The maximum Gasteiger partial charge on any atom is 0.255 e. The minimum atomic E-state index is 0.0548. The lowest BCUT2D eigenvalue weighted by molar-refractivity contribution is 0.0607. The molecule has 0 radical (unpaired) electrons. The summed E-state index contributed by atoms with van der Waals surface area (Å²) in [5.41, 5.74) is 6.32. The normalized spacial score (nSPS) is 16.6. The molecule has 1 aromatic carbocycles. The van der Waals surface area contributed by atoms with Crippen molar-refractivity contribution in [2.75, 3.05) is 13.1 Å². The van der Waals surface area contributed by atoms with Crippen molar-refractivity contribution in [3.05, 3.63) is 34.3 Å². The molecule has 1 aliphatic rings. The Morgan fingerprint density at radius 3 is 2.64 bits per heavy atom. The molecule has 14 heavy (non-hydrogen) atoms. The third-order valence-electron chi connectivity index (χ3n) is 2.30. The predicted molar refractivity (Wildman–Crippen MR) is 58.0 cm³/mol. The first-order valence-corrected chi connectivity index (χ1v) is 5.27. The van der Waals surface area contributed by atoms with Crippen LogP contribution in [0.25, 0.3) is 0 Å². The van der Waals surface area contributed by atoms with Gasteiger partial charge in [-0.1, -0.05) is 12.1 Å². The van der Waals surface area contributed by atoms with Crippen LogP contribution in [0.3, 0.4) is 0 Å². The van der Waals surface area contributed by atoms with Crippen LogP contribution in [-0.2, 0) is 0 Å². The number of nitrogens with zero attached hydrogens (tertiary/aromatic N) is 1. The molecule has 0 aliphatic carbocycles. The molecule has 1 saturated heterocycles. The van der Waals surface area contributed by atoms with E-state index in [2.05, 4.69) is 15.9 Å². The first-order valence-electron chi connectivity index (χ1n) is 4.48. The summed E-state index contributed by atoms with van der Waals surface area (Å²) in [6, 6.07) is 7.59. The van der Waals surface area contributed by atoms with Crippen LogP contribution >= 0.6 is 15.9 Å². The molecule has 3 nitrogen and oxygen atoms in total. The smallest absolute Gasteiger partial charge is 0.255 e. The van der Waals surface area contributed by atoms with Gasteiger partial charge in [-0.25, -0.2) is 0 Å². The second-order valence-electron chi connectivity index (χ2n) is 3.45. The summed E-state index contributed by atoms with van der Waals surface area (Å²) in [7, 11) is 0. The highest BCUT2D eigenvalue weighted by molar-refractivity contribution is 9.10. The molecule has 1 heterocycles. The summed E-state index contributed by atoms with van der Waals surface area (Å²) in [4.78, 5) is 13.6. The zero-order chi connectivity index (χ0) is 10.1. The van der Waals surface area contributed by atoms with Crippen LogP contribution in [0.5, 0.6) is 0 Å². The van der Waals surface area contributed by atoms with Gasteiger partial charge >= 0.3 is 0 Å². The van der Waals surface area contributed by atoms with Crippen LogP contribution in [0.1, 0.15) is 10.4 Å². The summed E-state index contributed by atoms with van der Waals surface area (Å²) >= 11 is 3.35. The Morgan fingerprint density at radius 2 is 2.07 bits per heavy atom. The van der Waals surface area contributed by atoms with Crippen molar-refractivity contribution in [2.24, 2.45) is 5.73 Å². The first kappa shape index (κ1) is 9.68. The Morgan fingerprint density at radius 1 is 1.43 bits per heavy atom. The maximum absolute atomic E-state index is 11.8. The number of hydrogen-bond donors (Lipinski definition) is 1. The topological polar surface area (TPSA) is 46.3 Å². The number of rotatable bonds is 1. The van der Waals surface area contributed by atoms with Crippen molar-refractivity contribution in [1.82, 2.24) is 4.90 Å². The van der Waals surface area contributed by atoms with E-state index in [0.717, 1.165) is 4.47 Å². The van der Waals surface area contributed by atoms with Gasteiger partial charge in [0, 0.05) is 23.6 Å². The van der Waals surface area contributed by atoms with E-state index in [0.29, 0.717) is 18.7 Å². The van der Waals surface area contributed by atoms with Crippen molar-refractivity contribution in [3.63, 3.8) is 0 Å². The Kier molecular flexibility index (Phi) is 2.56. The van der Waals surface area contributed by atoms with E-state index in [9.17, 15) is 4.79 Å². The molecule has 0 bridgehead atoms. The number of benzene rings is 1. The van der Waals surface area contributed by atoms with Gasteiger partial charge in [-0.05, 0) is 28.1 Å². The molecule has 74 valence electrons. The summed E-state index contributed by atoms with van der Waals surface area (Å²) in [5, 5.41) is 0. The molecule has 1 aliphatic heterocycles. The average molecular weight is 255 g/mol. The molecule has 1 fully saturated rings. The van der Waals surface area contributed by atoms with E-state index in [1.54, 1.807) is 4.90 Å². The van der Waals surface area contributed by atoms with Crippen LogP contribution in [0.2, 0.25) is 0 Å². The fraction of sp³-hybridized carbons (Fsp3) is 0.300. The van der Waals surface area contributed by atoms with E-state index >= 15 is 0 Å². The number of nitrogens with two attached hydrogens (primary N) is 1. The molecule has 0 unspecified atom stereocenters. The zero-order valence-electron chi connectivity index (χ0n) is 7.61. The molecule has 1 amide bonds. The molecule has 2 rings (SSSR count). The van der Waals surface area contributed by atoms with Gasteiger partial charge in [-0.3, -0.25) is 4.79 Å². The van der Waals surface area contributed by atoms with Crippen molar-refractivity contribution in [1.29, 1.82) is 0 Å². The molecule has 0 atom stereocenters. The van der Waals surface area contributed by atoms with E-state index in [4.69, 9.17) is 5.73 Å². The van der Waals surface area contributed by atoms with E-state index < -0.39 is 0 Å². The predicted octanol–water partition coefficient (Wildman–Crippen LogP) is 1.23. The molecule has 2 N–H and O–H groups in total. The zero-order valence-corrected chi connectivity index (χ0v) is 9.20. The highest BCUT2D eigenvalue weighted by Crippen LogP contribution is 2.20. The van der Waals surface area contributed by atoms with Crippen LogP contribution in [0, 0.1) is 0 Å². The lowest BCUT2D eigenvalue weighted by Gasteiger charge is -2.37. The van der Waals surface area contributed by atoms with Crippen molar-refractivity contribution >= 4 is 21.8 Å². The fourth-order valence-corrected chi connectivity index (χ4v) is 1.94. The van der Waals surface area contributed by atoms with Crippen LogP contribution < -0.4 is 5.73 Å². The molecule has 0 aromatic heterocycles. The van der Waals surface area contributed by atoms with Crippen LogP contribution in [-0.4, -0.2) is 29.9 Å². The number of hydrogen-bond acceptors (Lipinski definition) is 2. The molecule has 0 spiro atoms. The minimum Gasteiger partial charge on any atom is -0.335 e. The number of carbonyl (C=O) groups excluding carboxylic acids is 1. The molecular formula is C10H11BrN2O. The highest BCUT2D eigenvalue weighted by Gasteiger charge is 2.28. The van der Waals surface area contributed by atoms with Crippen LogP contribution in [0.4, 0.5) is 0 Å². The number of carbonyl (C=O) groups is 1. The Labute approximate surface area is 91.0 Å². The monoisotopic (exact) mass is 254 g/mol. The largest absolute Gasteiger partial charge is 0.335 e. The lowest BCUT2D eigenvalue weighted by atomic mass is 10.1. The number of halogens is 1. The summed E-state index contributed by atoms with van der Waals surface area (Å²) in [6.45, 7) is 1.33. The van der Waals surface area contributed by atoms with Crippen LogP contribution in [0.15, 0.2) is 28.7 Å². The second kappa shape index (κ2) is 3.71. The fourth-order valence-electron chi connectivity index (χ4n) is 1.48. The lowest BCUT2D eigenvalue weighted by Crippen LogP contribution is -2.57. The van der Waals surface area contributed by atoms with Gasteiger partial charge in [0.15, 0.2) is 0 Å². The van der Waals surface area contributed by atoms with E-state index in [-0.39, 0.29) is 11.9 Å². The van der Waals surface area contributed by atoms with Gasteiger partial charge in [0.25, 0.3) is 5.91 Å². The van der Waals surface area contributed by atoms with Gasteiger partial charge in [-0.15, -0.1) is 0 Å². The number of amides is 1. The first-order chi connectivity index (χ1) is 6.68. The summed E-state index contributed by atoms with van der Waals surface area (Å²) < 4.78 is 0.838. The van der Waals surface area contributed by atoms with E-state index in [1.807, 2.05) is 24.3 Å². The SMILES string of the molecule is NC1CN(C(=O)c2ccccc2Br)C1. The summed E-state index contributed by atoms with van der Waals surface area (Å²) in [5.74, 6) is 0.0548. The van der Waals surface area contributed by atoms with Gasteiger partial charge in [0.2, 0.25) is 0 Å². The molecule has 1 aromatic rings. The van der Waals surface area contributed by atoms with Crippen molar-refractivity contribution in [2.45, 2.75) is 6.04 Å². The van der Waals surface area contributed by atoms with Gasteiger partial charge in [-0.2, -0.15) is 0 Å². The third kappa shape index (κ3) is 1.67. The second-order valence-corrected chi connectivity index (χ2v) is 4.30. The van der Waals surface area contributed by atoms with Gasteiger partial charge < -0.3 is 10.6 Å². The van der Waals surface area contributed by atoms with Gasteiger partial charge in [0.05, 0.1) is 5.56 Å². The minimum absolute atomic E-state index is 0.0548. The van der Waals surface area contributed by atoms with E-state index in [1.165, 1.54) is 0 Å². The van der Waals surface area contributed by atoms with Crippen molar-refractivity contribution < 1.29 is 4.79 Å². The molecular weight excluding hydrogens is 244 g/mol.